The molecule has 4 heteroatoms. The molecule has 0 saturated heterocycles. The molecule has 0 bridgehead atoms. The number of carbonyl (C=O) groups excluding carboxylic acids is 1. The zero-order chi connectivity index (χ0) is 13.0. The molecule has 0 aliphatic heterocycles. The molecular formula is C14H14N2O2. The molecule has 0 atom stereocenters. The van der Waals surface area contributed by atoms with Crippen molar-refractivity contribution in [1.29, 1.82) is 0 Å². The molecule has 2 aromatic rings. The van der Waals surface area contributed by atoms with E-state index in [9.17, 15) is 4.79 Å². The third-order valence-electron chi connectivity index (χ3n) is 2.51. The number of para-hydroxylation sites is 1. The summed E-state index contributed by atoms with van der Waals surface area (Å²) in [6.07, 6.45) is 1.66. The molecule has 0 fully saturated rings. The van der Waals surface area contributed by atoms with Gasteiger partial charge in [0.2, 0.25) is 0 Å². The summed E-state index contributed by atoms with van der Waals surface area (Å²) in [6, 6.07) is 10.8. The number of carbonyl (C=O) groups is 1. The summed E-state index contributed by atoms with van der Waals surface area (Å²) < 4.78 is 5.15. The van der Waals surface area contributed by atoms with Gasteiger partial charge >= 0.3 is 0 Å². The molecular weight excluding hydrogens is 228 g/mol. The number of aromatic nitrogens is 1. The Balaban J connectivity index is 2.22. The molecule has 0 radical (unpaired) electrons. The van der Waals surface area contributed by atoms with Crippen LogP contribution < -0.4 is 10.1 Å². The zero-order valence-electron chi connectivity index (χ0n) is 10.3. The summed E-state index contributed by atoms with van der Waals surface area (Å²) in [6.45, 7) is 1.94. The van der Waals surface area contributed by atoms with Crippen molar-refractivity contribution < 1.29 is 9.53 Å². The lowest BCUT2D eigenvalue weighted by Gasteiger charge is -2.08. The molecule has 4 nitrogen and oxygen atoms in total. The van der Waals surface area contributed by atoms with Crippen LogP contribution in [0.4, 0.5) is 5.82 Å². The molecule has 1 N–H and O–H groups in total. The van der Waals surface area contributed by atoms with E-state index in [1.54, 1.807) is 24.4 Å². The van der Waals surface area contributed by atoms with Gasteiger partial charge in [0.05, 0.1) is 12.7 Å². The second kappa shape index (κ2) is 5.31. The number of nitrogens with zero attached hydrogens (tertiary/aromatic N) is 1. The van der Waals surface area contributed by atoms with Gasteiger partial charge in [-0.3, -0.25) is 4.79 Å². The minimum Gasteiger partial charge on any atom is -0.496 e. The Labute approximate surface area is 106 Å². The molecule has 0 aliphatic carbocycles. The second-order valence-electron chi connectivity index (χ2n) is 3.87. The largest absolute Gasteiger partial charge is 0.496 e. The molecule has 1 heterocycles. The van der Waals surface area contributed by atoms with E-state index in [0.717, 1.165) is 5.56 Å². The highest BCUT2D eigenvalue weighted by Crippen LogP contribution is 2.18. The quantitative estimate of drug-likeness (QED) is 0.900. The molecule has 1 aromatic carbocycles. The first kappa shape index (κ1) is 12.1. The minimum atomic E-state index is -0.231. The van der Waals surface area contributed by atoms with Crippen molar-refractivity contribution in [3.8, 4) is 5.75 Å². The smallest absolute Gasteiger partial charge is 0.260 e. The van der Waals surface area contributed by atoms with Gasteiger partial charge in [-0.1, -0.05) is 12.1 Å². The number of rotatable bonds is 3. The predicted molar refractivity (Wildman–Crippen MR) is 69.9 cm³/mol. The predicted octanol–water partition coefficient (Wildman–Crippen LogP) is 2.65. The molecule has 92 valence electrons. The lowest BCUT2D eigenvalue weighted by Crippen LogP contribution is -2.14. The van der Waals surface area contributed by atoms with Crippen LogP contribution in [-0.2, 0) is 0 Å². The van der Waals surface area contributed by atoms with E-state index in [1.165, 1.54) is 7.11 Å². The average Bonchev–Trinajstić information content (AvgIpc) is 2.38. The molecule has 0 unspecified atom stereocenters. The summed E-state index contributed by atoms with van der Waals surface area (Å²) in [5.74, 6) is 0.846. The number of anilines is 1. The van der Waals surface area contributed by atoms with Gasteiger partial charge in [-0.15, -0.1) is 0 Å². The Kier molecular flexibility index (Phi) is 3.57. The van der Waals surface area contributed by atoms with Gasteiger partial charge in [-0.2, -0.15) is 0 Å². The number of methoxy groups -OCH3 is 1. The second-order valence-corrected chi connectivity index (χ2v) is 3.87. The fraction of sp³-hybridized carbons (Fsp3) is 0.143. The Morgan fingerprint density at radius 1 is 1.28 bits per heavy atom. The fourth-order valence-electron chi connectivity index (χ4n) is 1.62. The van der Waals surface area contributed by atoms with E-state index in [1.807, 2.05) is 25.1 Å². The number of ether oxygens (including phenoxy) is 1. The molecule has 0 saturated carbocycles. The van der Waals surface area contributed by atoms with Crippen LogP contribution in [0.5, 0.6) is 5.75 Å². The monoisotopic (exact) mass is 242 g/mol. The average molecular weight is 242 g/mol. The Morgan fingerprint density at radius 3 is 2.78 bits per heavy atom. The Morgan fingerprint density at radius 2 is 2.06 bits per heavy atom. The van der Waals surface area contributed by atoms with Crippen molar-refractivity contribution in [2.75, 3.05) is 12.4 Å². The van der Waals surface area contributed by atoms with E-state index >= 15 is 0 Å². The van der Waals surface area contributed by atoms with Crippen molar-refractivity contribution in [2.24, 2.45) is 0 Å². The van der Waals surface area contributed by atoms with Crippen molar-refractivity contribution in [3.63, 3.8) is 0 Å². The molecule has 0 spiro atoms. The third-order valence-corrected chi connectivity index (χ3v) is 2.51. The van der Waals surface area contributed by atoms with E-state index in [4.69, 9.17) is 4.74 Å². The lowest BCUT2D eigenvalue weighted by molar-refractivity contribution is 0.102. The topological polar surface area (TPSA) is 51.2 Å². The van der Waals surface area contributed by atoms with E-state index < -0.39 is 0 Å². The van der Waals surface area contributed by atoms with Gasteiger partial charge in [0.25, 0.3) is 5.91 Å². The highest BCUT2D eigenvalue weighted by atomic mass is 16.5. The van der Waals surface area contributed by atoms with Crippen molar-refractivity contribution in [2.45, 2.75) is 6.92 Å². The van der Waals surface area contributed by atoms with Crippen LogP contribution in [0.25, 0.3) is 0 Å². The third kappa shape index (κ3) is 2.66. The maximum Gasteiger partial charge on any atom is 0.260 e. The van der Waals surface area contributed by atoms with Gasteiger partial charge in [0, 0.05) is 6.20 Å². The minimum absolute atomic E-state index is 0.231. The van der Waals surface area contributed by atoms with Gasteiger partial charge in [0.1, 0.15) is 11.6 Å². The van der Waals surface area contributed by atoms with Crippen molar-refractivity contribution in [3.05, 3.63) is 53.7 Å². The van der Waals surface area contributed by atoms with Crippen LogP contribution in [0.2, 0.25) is 0 Å². The first-order valence-corrected chi connectivity index (χ1v) is 5.58. The van der Waals surface area contributed by atoms with Crippen LogP contribution in [0.15, 0.2) is 42.6 Å². The zero-order valence-corrected chi connectivity index (χ0v) is 10.3. The van der Waals surface area contributed by atoms with E-state index in [-0.39, 0.29) is 5.91 Å². The first-order valence-electron chi connectivity index (χ1n) is 5.58. The molecule has 2 rings (SSSR count). The van der Waals surface area contributed by atoms with Gasteiger partial charge in [-0.05, 0) is 36.8 Å². The SMILES string of the molecule is COc1ccccc1C(=O)Nc1cc(C)ccn1. The number of hydrogen-bond donors (Lipinski definition) is 1. The van der Waals surface area contributed by atoms with Crippen LogP contribution in [-0.4, -0.2) is 18.0 Å². The summed E-state index contributed by atoms with van der Waals surface area (Å²) in [5.41, 5.74) is 1.53. The summed E-state index contributed by atoms with van der Waals surface area (Å²) in [7, 11) is 1.54. The highest BCUT2D eigenvalue weighted by molar-refractivity contribution is 6.05. The number of aryl methyl sites for hydroxylation is 1. The normalized spacial score (nSPS) is 9.89. The fourth-order valence-corrected chi connectivity index (χ4v) is 1.62. The Bertz CT molecular complexity index is 567. The summed E-state index contributed by atoms with van der Waals surface area (Å²) in [4.78, 5) is 16.2. The summed E-state index contributed by atoms with van der Waals surface area (Å²) >= 11 is 0. The van der Waals surface area contributed by atoms with Gasteiger partial charge < -0.3 is 10.1 Å². The molecule has 0 aliphatic rings. The van der Waals surface area contributed by atoms with Gasteiger partial charge in [-0.25, -0.2) is 4.98 Å². The van der Waals surface area contributed by atoms with Crippen LogP contribution in [0, 0.1) is 6.92 Å². The van der Waals surface area contributed by atoms with Gasteiger partial charge in [0.15, 0.2) is 0 Å². The maximum absolute atomic E-state index is 12.1. The van der Waals surface area contributed by atoms with Crippen LogP contribution in [0.1, 0.15) is 15.9 Å². The molecule has 1 aromatic heterocycles. The maximum atomic E-state index is 12.1. The van der Waals surface area contributed by atoms with E-state index in [2.05, 4.69) is 10.3 Å². The number of nitrogens with one attached hydrogen (secondary N) is 1. The number of benzene rings is 1. The number of pyridine rings is 1. The summed E-state index contributed by atoms with van der Waals surface area (Å²) in [5, 5.41) is 2.74. The molecule has 18 heavy (non-hydrogen) atoms. The van der Waals surface area contributed by atoms with Crippen molar-refractivity contribution in [1.82, 2.24) is 4.98 Å². The molecule has 1 amide bonds. The van der Waals surface area contributed by atoms with Crippen LogP contribution >= 0.6 is 0 Å². The van der Waals surface area contributed by atoms with Crippen molar-refractivity contribution >= 4 is 11.7 Å². The highest BCUT2D eigenvalue weighted by Gasteiger charge is 2.11. The van der Waals surface area contributed by atoms with E-state index in [0.29, 0.717) is 17.1 Å². The Hall–Kier alpha value is -2.36. The lowest BCUT2D eigenvalue weighted by atomic mass is 10.2. The number of hydrogen-bond acceptors (Lipinski definition) is 3. The number of amides is 1. The first-order chi connectivity index (χ1) is 8.70. The standard InChI is InChI=1S/C14H14N2O2/c1-10-7-8-15-13(9-10)16-14(17)11-5-3-4-6-12(11)18-2/h3-9H,1-2H3,(H,15,16,17). The van der Waals surface area contributed by atoms with Crippen LogP contribution in [0.3, 0.4) is 0 Å².